The minimum Gasteiger partial charge on any atom is -0.382 e. The Hall–Kier alpha value is -2.53. The van der Waals surface area contributed by atoms with Crippen LogP contribution in [0.4, 0.5) is 5.69 Å². The van der Waals surface area contributed by atoms with Gasteiger partial charge >= 0.3 is 5.69 Å². The zero-order valence-corrected chi connectivity index (χ0v) is 16.9. The largest absolute Gasteiger partial charge is 0.382 e. The second kappa shape index (κ2) is 7.47. The average molecular weight is 398 g/mol. The number of fused-ring (bicyclic) bond motifs is 1. The van der Waals surface area contributed by atoms with Gasteiger partial charge in [0, 0.05) is 23.8 Å². The van der Waals surface area contributed by atoms with E-state index in [1.807, 2.05) is 12.1 Å². The molecule has 6 heteroatoms. The Morgan fingerprint density at radius 1 is 1.04 bits per heavy atom. The predicted octanol–water partition coefficient (Wildman–Crippen LogP) is 4.33. The highest BCUT2D eigenvalue weighted by Crippen LogP contribution is 2.27. The summed E-state index contributed by atoms with van der Waals surface area (Å²) in [7, 11) is 1.69. The van der Waals surface area contributed by atoms with Gasteiger partial charge in [-0.1, -0.05) is 24.6 Å². The summed E-state index contributed by atoms with van der Waals surface area (Å²) in [5, 5.41) is 4.56. The number of hydrogen-bond donors (Lipinski definition) is 1. The van der Waals surface area contributed by atoms with Crippen LogP contribution in [0.3, 0.4) is 0 Å². The van der Waals surface area contributed by atoms with Gasteiger partial charge in [-0.05, 0) is 68.0 Å². The second-order valence-corrected chi connectivity index (χ2v) is 8.23. The van der Waals surface area contributed by atoms with Crippen molar-refractivity contribution in [2.75, 3.05) is 5.32 Å². The molecule has 0 spiro atoms. The Morgan fingerprint density at radius 2 is 1.79 bits per heavy atom. The van der Waals surface area contributed by atoms with Gasteiger partial charge in [0.05, 0.1) is 16.6 Å². The molecule has 0 atom stereocenters. The number of anilines is 1. The lowest BCUT2D eigenvalue weighted by Crippen LogP contribution is -2.37. The maximum absolute atomic E-state index is 13.0. The molecule has 4 rings (SSSR count). The summed E-state index contributed by atoms with van der Waals surface area (Å²) in [5.74, 6) is 0.792. The second-order valence-electron chi connectivity index (χ2n) is 7.80. The lowest BCUT2D eigenvalue weighted by atomic mass is 9.87. The number of nitrogens with zero attached hydrogens (tertiary/aromatic N) is 2. The summed E-state index contributed by atoms with van der Waals surface area (Å²) >= 11 is 6.05. The zero-order valence-electron chi connectivity index (χ0n) is 16.1. The van der Waals surface area contributed by atoms with E-state index in [9.17, 15) is 9.59 Å². The SMILES string of the molecule is CC1CCC(Nc2ccc3c(=O)n(-c4cccc(Cl)c4)c(=O)n(C)c3c2)CC1. The van der Waals surface area contributed by atoms with Crippen LogP contribution in [-0.2, 0) is 7.05 Å². The van der Waals surface area contributed by atoms with Crippen LogP contribution in [0.1, 0.15) is 32.6 Å². The molecule has 1 aliphatic rings. The van der Waals surface area contributed by atoms with Crippen LogP contribution in [0.2, 0.25) is 5.02 Å². The van der Waals surface area contributed by atoms with Crippen molar-refractivity contribution in [2.45, 2.75) is 38.6 Å². The molecule has 2 aromatic carbocycles. The Labute approximate surface area is 168 Å². The summed E-state index contributed by atoms with van der Waals surface area (Å²) in [5.41, 5.74) is 1.32. The van der Waals surface area contributed by atoms with Gasteiger partial charge in [-0.15, -0.1) is 0 Å². The number of benzene rings is 2. The first-order valence-electron chi connectivity index (χ1n) is 9.72. The van der Waals surface area contributed by atoms with E-state index in [1.54, 1.807) is 37.4 Å². The molecule has 1 saturated carbocycles. The van der Waals surface area contributed by atoms with E-state index in [-0.39, 0.29) is 11.2 Å². The predicted molar refractivity (Wildman–Crippen MR) is 115 cm³/mol. The quantitative estimate of drug-likeness (QED) is 0.715. The minimum atomic E-state index is -0.386. The molecular weight excluding hydrogens is 374 g/mol. The third kappa shape index (κ3) is 3.47. The fraction of sp³-hybridized carbons (Fsp3) is 0.364. The van der Waals surface area contributed by atoms with Gasteiger partial charge < -0.3 is 5.32 Å². The molecule has 5 nitrogen and oxygen atoms in total. The smallest absolute Gasteiger partial charge is 0.335 e. The molecule has 1 aliphatic carbocycles. The summed E-state index contributed by atoms with van der Waals surface area (Å²) in [6.07, 6.45) is 4.76. The van der Waals surface area contributed by atoms with Crippen molar-refractivity contribution >= 4 is 28.2 Å². The van der Waals surface area contributed by atoms with Gasteiger partial charge in [-0.2, -0.15) is 0 Å². The van der Waals surface area contributed by atoms with E-state index in [1.165, 1.54) is 22.0 Å². The number of nitrogens with one attached hydrogen (secondary N) is 1. The van der Waals surface area contributed by atoms with Crippen molar-refractivity contribution in [1.29, 1.82) is 0 Å². The van der Waals surface area contributed by atoms with Gasteiger partial charge in [-0.25, -0.2) is 9.36 Å². The molecule has 1 heterocycles. The molecule has 146 valence electrons. The Bertz CT molecular complexity index is 1140. The lowest BCUT2D eigenvalue weighted by Gasteiger charge is -2.27. The molecular formula is C22H24ClN3O2. The number of aryl methyl sites for hydroxylation is 1. The van der Waals surface area contributed by atoms with E-state index in [4.69, 9.17) is 11.6 Å². The van der Waals surface area contributed by atoms with Crippen molar-refractivity contribution in [2.24, 2.45) is 13.0 Å². The van der Waals surface area contributed by atoms with Crippen LogP contribution in [0.5, 0.6) is 0 Å². The number of aromatic nitrogens is 2. The molecule has 0 bridgehead atoms. The van der Waals surface area contributed by atoms with Crippen molar-refractivity contribution < 1.29 is 0 Å². The summed E-state index contributed by atoms with van der Waals surface area (Å²) < 4.78 is 2.69. The number of hydrogen-bond acceptors (Lipinski definition) is 3. The zero-order chi connectivity index (χ0) is 19.8. The van der Waals surface area contributed by atoms with Gasteiger partial charge in [0.15, 0.2) is 0 Å². The van der Waals surface area contributed by atoms with Crippen LogP contribution >= 0.6 is 11.6 Å². The van der Waals surface area contributed by atoms with Gasteiger partial charge in [-0.3, -0.25) is 9.36 Å². The van der Waals surface area contributed by atoms with Crippen LogP contribution in [0.25, 0.3) is 16.6 Å². The van der Waals surface area contributed by atoms with Crippen LogP contribution in [0.15, 0.2) is 52.1 Å². The molecule has 0 radical (unpaired) electrons. The van der Waals surface area contributed by atoms with E-state index >= 15 is 0 Å². The monoisotopic (exact) mass is 397 g/mol. The lowest BCUT2D eigenvalue weighted by molar-refractivity contribution is 0.361. The number of halogens is 1. The fourth-order valence-corrected chi connectivity index (χ4v) is 4.21. The molecule has 0 amide bonds. The van der Waals surface area contributed by atoms with Crippen LogP contribution < -0.4 is 16.6 Å². The van der Waals surface area contributed by atoms with Crippen LogP contribution in [-0.4, -0.2) is 15.2 Å². The highest BCUT2D eigenvalue weighted by atomic mass is 35.5. The van der Waals surface area contributed by atoms with Gasteiger partial charge in [0.1, 0.15) is 0 Å². The van der Waals surface area contributed by atoms with Gasteiger partial charge in [0.2, 0.25) is 0 Å². The first-order valence-corrected chi connectivity index (χ1v) is 10.1. The average Bonchev–Trinajstić information content (AvgIpc) is 2.68. The maximum atomic E-state index is 13.0. The van der Waals surface area contributed by atoms with E-state index < -0.39 is 0 Å². The van der Waals surface area contributed by atoms with Gasteiger partial charge in [0.25, 0.3) is 5.56 Å². The fourth-order valence-electron chi connectivity index (χ4n) is 4.02. The molecule has 1 fully saturated rings. The maximum Gasteiger partial charge on any atom is 0.335 e. The molecule has 0 saturated heterocycles. The first kappa shape index (κ1) is 18.8. The molecule has 0 unspecified atom stereocenters. The summed E-state index contributed by atoms with van der Waals surface area (Å²) in [6.45, 7) is 2.30. The summed E-state index contributed by atoms with van der Waals surface area (Å²) in [6, 6.07) is 12.8. The Morgan fingerprint density at radius 3 is 2.50 bits per heavy atom. The number of rotatable bonds is 3. The van der Waals surface area contributed by atoms with E-state index in [2.05, 4.69) is 12.2 Å². The Kier molecular flexibility index (Phi) is 5.02. The summed E-state index contributed by atoms with van der Waals surface area (Å²) in [4.78, 5) is 26.0. The van der Waals surface area contributed by atoms with E-state index in [0.29, 0.717) is 27.7 Å². The highest BCUT2D eigenvalue weighted by molar-refractivity contribution is 6.30. The third-order valence-corrected chi connectivity index (χ3v) is 5.96. The molecule has 1 N–H and O–H groups in total. The Balaban J connectivity index is 1.77. The standard InChI is InChI=1S/C22H24ClN3O2/c1-14-6-8-16(9-7-14)24-17-10-11-19-20(13-17)25(2)22(28)26(21(19)27)18-5-3-4-15(23)12-18/h3-5,10-14,16,24H,6-9H2,1-2H3. The van der Waals surface area contributed by atoms with Crippen molar-refractivity contribution in [1.82, 2.24) is 9.13 Å². The van der Waals surface area contributed by atoms with Crippen molar-refractivity contribution in [3.8, 4) is 5.69 Å². The minimum absolute atomic E-state index is 0.335. The van der Waals surface area contributed by atoms with E-state index in [0.717, 1.165) is 24.4 Å². The van der Waals surface area contributed by atoms with Crippen molar-refractivity contribution in [3.05, 3.63) is 68.3 Å². The first-order chi connectivity index (χ1) is 13.4. The third-order valence-electron chi connectivity index (χ3n) is 5.72. The molecule has 1 aromatic heterocycles. The molecule has 0 aliphatic heterocycles. The topological polar surface area (TPSA) is 56.0 Å². The van der Waals surface area contributed by atoms with Crippen molar-refractivity contribution in [3.63, 3.8) is 0 Å². The molecule has 3 aromatic rings. The van der Waals surface area contributed by atoms with Crippen LogP contribution in [0, 0.1) is 5.92 Å². The normalized spacial score (nSPS) is 19.7. The molecule has 28 heavy (non-hydrogen) atoms. The highest BCUT2D eigenvalue weighted by Gasteiger charge is 2.19.